The molecule has 3 nitrogen and oxygen atoms in total. The second-order valence-corrected chi connectivity index (χ2v) is 3.92. The lowest BCUT2D eigenvalue weighted by atomic mass is 10.0. The zero-order valence-corrected chi connectivity index (χ0v) is 10.7. The molecule has 0 aromatic heterocycles. The van der Waals surface area contributed by atoms with Gasteiger partial charge in [-0.25, -0.2) is 0 Å². The zero-order valence-electron chi connectivity index (χ0n) is 8.51. The van der Waals surface area contributed by atoms with Crippen LogP contribution in [0.4, 0.5) is 0 Å². The Kier molecular flexibility index (Phi) is 11.2. The Morgan fingerprint density at radius 2 is 1.77 bits per heavy atom. The minimum atomic E-state index is 0.559. The number of nitrogens with one attached hydrogen (secondary N) is 1. The predicted octanol–water partition coefficient (Wildman–Crippen LogP) is 2.01. The van der Waals surface area contributed by atoms with Crippen LogP contribution >= 0.6 is 22.9 Å². The third-order valence-electron chi connectivity index (χ3n) is 1.94. The minimum Gasteiger partial charge on any atom is -0.384 e. The molecule has 0 aliphatic carbocycles. The maximum atomic E-state index is 5.12. The molecule has 0 bridgehead atoms. The highest BCUT2D eigenvalue weighted by Gasteiger charge is 2.07. The molecule has 80 valence electrons. The van der Waals surface area contributed by atoms with Gasteiger partial charge in [0.15, 0.2) is 0 Å². The SMILES string of the molecule is COCC(CCCCNI)COC. The number of ether oxygens (including phenoxy) is 2. The molecule has 0 saturated heterocycles. The van der Waals surface area contributed by atoms with Gasteiger partial charge in [-0.05, 0) is 12.8 Å². The van der Waals surface area contributed by atoms with E-state index in [1.165, 1.54) is 19.3 Å². The molecule has 0 fully saturated rings. The Morgan fingerprint density at radius 3 is 2.23 bits per heavy atom. The van der Waals surface area contributed by atoms with Crippen LogP contribution in [-0.4, -0.2) is 34.0 Å². The van der Waals surface area contributed by atoms with E-state index < -0.39 is 0 Å². The smallest absolute Gasteiger partial charge is 0.0512 e. The zero-order chi connectivity index (χ0) is 9.94. The Bertz CT molecular complexity index is 97.6. The first-order valence-corrected chi connectivity index (χ1v) is 5.74. The number of halogens is 1. The second kappa shape index (κ2) is 10.7. The highest BCUT2D eigenvalue weighted by atomic mass is 127. The van der Waals surface area contributed by atoms with Crippen molar-refractivity contribution in [3.8, 4) is 0 Å². The highest BCUT2D eigenvalue weighted by Crippen LogP contribution is 2.09. The van der Waals surface area contributed by atoms with Gasteiger partial charge in [-0.1, -0.05) is 6.42 Å². The van der Waals surface area contributed by atoms with E-state index in [0.717, 1.165) is 19.8 Å². The van der Waals surface area contributed by atoms with E-state index in [0.29, 0.717) is 5.92 Å². The molecule has 0 saturated carbocycles. The van der Waals surface area contributed by atoms with Crippen molar-refractivity contribution >= 4 is 22.9 Å². The molecule has 0 aliphatic rings. The topological polar surface area (TPSA) is 30.5 Å². The standard InChI is InChI=1S/C9H20INO2/c1-12-7-9(8-13-2)5-3-4-6-11-10/h9,11H,3-8H2,1-2H3. The molecule has 0 aromatic carbocycles. The fourth-order valence-corrected chi connectivity index (χ4v) is 1.69. The monoisotopic (exact) mass is 301 g/mol. The van der Waals surface area contributed by atoms with E-state index in [-0.39, 0.29) is 0 Å². The third-order valence-corrected chi connectivity index (χ3v) is 2.48. The summed E-state index contributed by atoms with van der Waals surface area (Å²) in [7, 11) is 3.49. The van der Waals surface area contributed by atoms with Crippen molar-refractivity contribution < 1.29 is 9.47 Å². The number of hydrogen-bond acceptors (Lipinski definition) is 3. The van der Waals surface area contributed by atoms with E-state index in [2.05, 4.69) is 26.4 Å². The Balaban J connectivity index is 3.33. The quantitative estimate of drug-likeness (QED) is 0.401. The molecule has 0 radical (unpaired) electrons. The maximum Gasteiger partial charge on any atom is 0.0512 e. The van der Waals surface area contributed by atoms with Crippen LogP contribution in [0.15, 0.2) is 0 Å². The Morgan fingerprint density at radius 1 is 1.15 bits per heavy atom. The van der Waals surface area contributed by atoms with Crippen LogP contribution in [0.3, 0.4) is 0 Å². The summed E-state index contributed by atoms with van der Waals surface area (Å²) in [6.07, 6.45) is 3.67. The summed E-state index contributed by atoms with van der Waals surface area (Å²) in [5.74, 6) is 0.559. The van der Waals surface area contributed by atoms with Crippen molar-refractivity contribution in [2.75, 3.05) is 34.0 Å². The summed E-state index contributed by atoms with van der Waals surface area (Å²) in [5, 5.41) is 0. The van der Waals surface area contributed by atoms with Crippen molar-refractivity contribution in [3.05, 3.63) is 0 Å². The van der Waals surface area contributed by atoms with Gasteiger partial charge < -0.3 is 9.47 Å². The van der Waals surface area contributed by atoms with Crippen LogP contribution in [0.25, 0.3) is 0 Å². The number of methoxy groups -OCH3 is 2. The first kappa shape index (κ1) is 13.6. The van der Waals surface area contributed by atoms with Crippen LogP contribution in [0.2, 0.25) is 0 Å². The van der Waals surface area contributed by atoms with Crippen molar-refractivity contribution in [1.29, 1.82) is 0 Å². The first-order chi connectivity index (χ1) is 6.35. The van der Waals surface area contributed by atoms with Gasteiger partial charge in [0.2, 0.25) is 0 Å². The minimum absolute atomic E-state index is 0.559. The molecule has 0 amide bonds. The number of unbranched alkanes of at least 4 members (excludes halogenated alkanes) is 1. The third kappa shape index (κ3) is 8.93. The van der Waals surface area contributed by atoms with E-state index in [4.69, 9.17) is 9.47 Å². The molecule has 0 aromatic rings. The predicted molar refractivity (Wildman–Crippen MR) is 63.1 cm³/mol. The van der Waals surface area contributed by atoms with Crippen molar-refractivity contribution in [3.63, 3.8) is 0 Å². The number of rotatable bonds is 9. The van der Waals surface area contributed by atoms with E-state index in [1.54, 1.807) is 14.2 Å². The molecular weight excluding hydrogens is 281 g/mol. The fourth-order valence-electron chi connectivity index (χ4n) is 1.31. The van der Waals surface area contributed by atoms with Gasteiger partial charge in [-0.15, -0.1) is 0 Å². The largest absolute Gasteiger partial charge is 0.384 e. The molecule has 4 heteroatoms. The van der Waals surface area contributed by atoms with Crippen molar-refractivity contribution in [1.82, 2.24) is 3.53 Å². The summed E-state index contributed by atoms with van der Waals surface area (Å²) in [5.41, 5.74) is 0. The lowest BCUT2D eigenvalue weighted by Gasteiger charge is -2.14. The molecule has 0 atom stereocenters. The summed E-state index contributed by atoms with van der Waals surface area (Å²) < 4.78 is 13.3. The fraction of sp³-hybridized carbons (Fsp3) is 1.00. The van der Waals surface area contributed by atoms with Crippen molar-refractivity contribution in [2.24, 2.45) is 5.92 Å². The van der Waals surface area contributed by atoms with Gasteiger partial charge in [-0.2, -0.15) is 0 Å². The summed E-state index contributed by atoms with van der Waals surface area (Å²) in [6.45, 7) is 2.71. The molecule has 13 heavy (non-hydrogen) atoms. The molecule has 0 heterocycles. The van der Waals surface area contributed by atoms with Crippen molar-refractivity contribution in [2.45, 2.75) is 19.3 Å². The highest BCUT2D eigenvalue weighted by molar-refractivity contribution is 14.1. The summed E-state index contributed by atoms with van der Waals surface area (Å²) in [6, 6.07) is 0. The van der Waals surface area contributed by atoms with Gasteiger partial charge in [0.1, 0.15) is 0 Å². The maximum absolute atomic E-state index is 5.12. The Labute approximate surface area is 95.1 Å². The van der Waals surface area contributed by atoms with Gasteiger partial charge in [-0.3, -0.25) is 3.53 Å². The van der Waals surface area contributed by atoms with Gasteiger partial charge >= 0.3 is 0 Å². The molecule has 0 unspecified atom stereocenters. The van der Waals surface area contributed by atoms with Crippen LogP contribution in [0.1, 0.15) is 19.3 Å². The number of hydrogen-bond donors (Lipinski definition) is 1. The second-order valence-electron chi connectivity index (χ2n) is 3.16. The van der Waals surface area contributed by atoms with Crippen LogP contribution in [0.5, 0.6) is 0 Å². The van der Waals surface area contributed by atoms with Crippen LogP contribution < -0.4 is 3.53 Å². The van der Waals surface area contributed by atoms with E-state index >= 15 is 0 Å². The molecule has 0 spiro atoms. The van der Waals surface area contributed by atoms with E-state index in [9.17, 15) is 0 Å². The lowest BCUT2D eigenvalue weighted by molar-refractivity contribution is 0.0793. The molecule has 1 N–H and O–H groups in total. The van der Waals surface area contributed by atoms with Crippen LogP contribution in [0, 0.1) is 5.92 Å². The summed E-state index contributed by atoms with van der Waals surface area (Å²) in [4.78, 5) is 0. The molecular formula is C9H20INO2. The molecule has 0 aliphatic heterocycles. The molecule has 0 rings (SSSR count). The Hall–Kier alpha value is 0.610. The normalized spacial score (nSPS) is 11.1. The average Bonchev–Trinajstić information content (AvgIpc) is 2.13. The van der Waals surface area contributed by atoms with Gasteiger partial charge in [0.05, 0.1) is 13.2 Å². The van der Waals surface area contributed by atoms with E-state index in [1.807, 2.05) is 0 Å². The average molecular weight is 301 g/mol. The summed E-state index contributed by atoms with van der Waals surface area (Å²) >= 11 is 2.18. The van der Waals surface area contributed by atoms with Gasteiger partial charge in [0, 0.05) is 49.5 Å². The van der Waals surface area contributed by atoms with Gasteiger partial charge in [0.25, 0.3) is 0 Å². The van der Waals surface area contributed by atoms with Crippen LogP contribution in [-0.2, 0) is 9.47 Å². The first-order valence-electron chi connectivity index (χ1n) is 4.66. The lowest BCUT2D eigenvalue weighted by Crippen LogP contribution is -2.14.